The Bertz CT molecular complexity index is 785. The molecule has 0 fully saturated rings. The maximum absolute atomic E-state index is 13.6. The summed E-state index contributed by atoms with van der Waals surface area (Å²) < 4.78 is 19.3. The number of halogens is 2. The number of ether oxygens (including phenoxy) is 1. The molecule has 2 aromatic rings. The smallest absolute Gasteiger partial charge is 0.341 e. The van der Waals surface area contributed by atoms with Crippen molar-refractivity contribution in [2.24, 2.45) is 0 Å². The minimum absolute atomic E-state index is 0.0898. The summed E-state index contributed by atoms with van der Waals surface area (Å²) in [6.07, 6.45) is 0. The third-order valence-electron chi connectivity index (χ3n) is 2.78. The Morgan fingerprint density at radius 2 is 1.91 bits per heavy atom. The molecule has 0 aliphatic rings. The van der Waals surface area contributed by atoms with E-state index in [2.05, 4.69) is 21.2 Å². The summed E-state index contributed by atoms with van der Waals surface area (Å²) >= 11 is 3.27. The molecule has 0 aliphatic carbocycles. The highest BCUT2D eigenvalue weighted by Gasteiger charge is 2.15. The van der Waals surface area contributed by atoms with Crippen LogP contribution < -0.4 is 5.32 Å². The number of rotatable bonds is 4. The van der Waals surface area contributed by atoms with Gasteiger partial charge in [0.05, 0.1) is 17.2 Å². The van der Waals surface area contributed by atoms with Crippen LogP contribution in [-0.4, -0.2) is 18.5 Å². The summed E-state index contributed by atoms with van der Waals surface area (Å²) in [5, 5.41) is 11.2. The SMILES string of the molecule is N#Cc1ccc(C(=O)OCC(=O)Nc2ccc(Br)cc2)c(F)c1. The maximum atomic E-state index is 13.6. The van der Waals surface area contributed by atoms with E-state index in [0.29, 0.717) is 5.69 Å². The molecule has 0 unspecified atom stereocenters. The van der Waals surface area contributed by atoms with Gasteiger partial charge < -0.3 is 10.1 Å². The van der Waals surface area contributed by atoms with Gasteiger partial charge in [0, 0.05) is 10.2 Å². The van der Waals surface area contributed by atoms with Gasteiger partial charge in [0.15, 0.2) is 6.61 Å². The fourth-order valence-corrected chi connectivity index (χ4v) is 1.95. The number of anilines is 1. The molecule has 0 spiro atoms. The van der Waals surface area contributed by atoms with Crippen molar-refractivity contribution in [2.75, 3.05) is 11.9 Å². The Morgan fingerprint density at radius 1 is 1.22 bits per heavy atom. The second-order valence-corrected chi connectivity index (χ2v) is 5.35. The van der Waals surface area contributed by atoms with Crippen LogP contribution in [0, 0.1) is 17.1 Å². The molecule has 0 radical (unpaired) electrons. The number of carbonyl (C=O) groups is 2. The zero-order valence-corrected chi connectivity index (χ0v) is 13.3. The average Bonchev–Trinajstić information content (AvgIpc) is 2.54. The van der Waals surface area contributed by atoms with Gasteiger partial charge in [0.2, 0.25) is 0 Å². The highest BCUT2D eigenvalue weighted by molar-refractivity contribution is 9.10. The number of nitrogens with zero attached hydrogens (tertiary/aromatic N) is 1. The number of hydrogen-bond donors (Lipinski definition) is 1. The van der Waals surface area contributed by atoms with Crippen LogP contribution in [-0.2, 0) is 9.53 Å². The van der Waals surface area contributed by atoms with Crippen molar-refractivity contribution in [3.8, 4) is 6.07 Å². The average molecular weight is 377 g/mol. The van der Waals surface area contributed by atoms with Gasteiger partial charge in [0.1, 0.15) is 5.82 Å². The molecule has 0 aliphatic heterocycles. The fourth-order valence-electron chi connectivity index (χ4n) is 1.69. The van der Waals surface area contributed by atoms with Crippen LogP contribution in [0.3, 0.4) is 0 Å². The molecular formula is C16H10BrFN2O3. The lowest BCUT2D eigenvalue weighted by molar-refractivity contribution is -0.119. The molecule has 0 aromatic heterocycles. The highest BCUT2D eigenvalue weighted by atomic mass is 79.9. The molecule has 0 saturated carbocycles. The van der Waals surface area contributed by atoms with E-state index in [1.54, 1.807) is 30.3 Å². The quantitative estimate of drug-likeness (QED) is 0.830. The maximum Gasteiger partial charge on any atom is 0.341 e. The van der Waals surface area contributed by atoms with E-state index in [1.807, 2.05) is 0 Å². The topological polar surface area (TPSA) is 79.2 Å². The van der Waals surface area contributed by atoms with Crippen LogP contribution >= 0.6 is 15.9 Å². The molecule has 7 heteroatoms. The molecule has 0 saturated heterocycles. The number of carbonyl (C=O) groups excluding carboxylic acids is 2. The Labute approximate surface area is 139 Å². The molecule has 0 atom stereocenters. The van der Waals surface area contributed by atoms with Crippen molar-refractivity contribution in [2.45, 2.75) is 0 Å². The number of nitriles is 1. The number of esters is 1. The van der Waals surface area contributed by atoms with Gasteiger partial charge in [-0.15, -0.1) is 0 Å². The first-order valence-corrected chi connectivity index (χ1v) is 7.21. The Morgan fingerprint density at radius 3 is 2.52 bits per heavy atom. The second-order valence-electron chi connectivity index (χ2n) is 4.44. The van der Waals surface area contributed by atoms with E-state index < -0.39 is 24.3 Å². The predicted molar refractivity (Wildman–Crippen MR) is 84.2 cm³/mol. The van der Waals surface area contributed by atoms with Crippen molar-refractivity contribution in [3.63, 3.8) is 0 Å². The number of amides is 1. The molecule has 1 amide bonds. The summed E-state index contributed by atoms with van der Waals surface area (Å²) in [6, 6.07) is 11.9. The first-order chi connectivity index (χ1) is 11.0. The Kier molecular flexibility index (Phi) is 5.44. The highest BCUT2D eigenvalue weighted by Crippen LogP contribution is 2.14. The van der Waals surface area contributed by atoms with E-state index in [0.717, 1.165) is 16.6 Å². The first-order valence-electron chi connectivity index (χ1n) is 6.42. The monoisotopic (exact) mass is 376 g/mol. The molecule has 1 N–H and O–H groups in total. The Balaban J connectivity index is 1.92. The molecule has 2 rings (SSSR count). The van der Waals surface area contributed by atoms with Crippen molar-refractivity contribution in [1.82, 2.24) is 0 Å². The fraction of sp³-hybridized carbons (Fsp3) is 0.0625. The van der Waals surface area contributed by atoms with E-state index >= 15 is 0 Å². The molecule has 2 aromatic carbocycles. The number of benzene rings is 2. The van der Waals surface area contributed by atoms with Gasteiger partial charge in [-0.05, 0) is 42.5 Å². The van der Waals surface area contributed by atoms with E-state index in [1.165, 1.54) is 6.07 Å². The minimum atomic E-state index is -0.974. The van der Waals surface area contributed by atoms with Crippen LogP contribution in [0.2, 0.25) is 0 Å². The number of hydrogen-bond acceptors (Lipinski definition) is 4. The normalized spacial score (nSPS) is 9.78. The molecule has 5 nitrogen and oxygen atoms in total. The largest absolute Gasteiger partial charge is 0.452 e. The third-order valence-corrected chi connectivity index (χ3v) is 3.31. The molecular weight excluding hydrogens is 367 g/mol. The zero-order chi connectivity index (χ0) is 16.8. The minimum Gasteiger partial charge on any atom is -0.452 e. The summed E-state index contributed by atoms with van der Waals surface area (Å²) in [6.45, 7) is -0.547. The zero-order valence-electron chi connectivity index (χ0n) is 11.7. The lowest BCUT2D eigenvalue weighted by Gasteiger charge is -2.07. The van der Waals surface area contributed by atoms with Crippen LogP contribution in [0.1, 0.15) is 15.9 Å². The molecule has 0 bridgehead atoms. The van der Waals surface area contributed by atoms with Gasteiger partial charge in [-0.2, -0.15) is 5.26 Å². The van der Waals surface area contributed by atoms with Gasteiger partial charge in [-0.3, -0.25) is 4.79 Å². The van der Waals surface area contributed by atoms with E-state index in [4.69, 9.17) is 10.00 Å². The lowest BCUT2D eigenvalue weighted by atomic mass is 10.1. The summed E-state index contributed by atoms with van der Waals surface area (Å²) in [4.78, 5) is 23.4. The van der Waals surface area contributed by atoms with Crippen LogP contribution in [0.25, 0.3) is 0 Å². The van der Waals surface area contributed by atoms with Crippen molar-refractivity contribution >= 4 is 33.5 Å². The first kappa shape index (κ1) is 16.6. The van der Waals surface area contributed by atoms with Gasteiger partial charge in [-0.25, -0.2) is 9.18 Å². The van der Waals surface area contributed by atoms with Crippen LogP contribution in [0.4, 0.5) is 10.1 Å². The van der Waals surface area contributed by atoms with Gasteiger partial charge >= 0.3 is 5.97 Å². The van der Waals surface area contributed by atoms with E-state index in [-0.39, 0.29) is 11.1 Å². The lowest BCUT2D eigenvalue weighted by Crippen LogP contribution is -2.21. The summed E-state index contributed by atoms with van der Waals surface area (Å²) in [5.41, 5.74) is 0.297. The molecule has 116 valence electrons. The van der Waals surface area contributed by atoms with E-state index in [9.17, 15) is 14.0 Å². The van der Waals surface area contributed by atoms with Crippen LogP contribution in [0.5, 0.6) is 0 Å². The number of nitrogens with one attached hydrogen (secondary N) is 1. The summed E-state index contributed by atoms with van der Waals surface area (Å²) in [7, 11) is 0. The standard InChI is InChI=1S/C16H10BrFN2O3/c17-11-2-4-12(5-3-11)20-15(21)9-23-16(22)13-6-1-10(8-19)7-14(13)18/h1-7H,9H2,(H,20,21). The molecule has 0 heterocycles. The summed E-state index contributed by atoms with van der Waals surface area (Å²) in [5.74, 6) is -2.39. The van der Waals surface area contributed by atoms with Crippen molar-refractivity contribution in [1.29, 1.82) is 5.26 Å². The second kappa shape index (κ2) is 7.51. The predicted octanol–water partition coefficient (Wildman–Crippen LogP) is 3.26. The molecule has 23 heavy (non-hydrogen) atoms. The van der Waals surface area contributed by atoms with Gasteiger partial charge in [0.25, 0.3) is 5.91 Å². The van der Waals surface area contributed by atoms with Crippen molar-refractivity contribution < 1.29 is 18.7 Å². The van der Waals surface area contributed by atoms with Crippen LogP contribution in [0.15, 0.2) is 46.9 Å². The van der Waals surface area contributed by atoms with Crippen molar-refractivity contribution in [3.05, 3.63) is 63.9 Å². The Hall–Kier alpha value is -2.72. The van der Waals surface area contributed by atoms with Gasteiger partial charge in [-0.1, -0.05) is 15.9 Å². The third kappa shape index (κ3) is 4.63.